The highest BCUT2D eigenvalue weighted by Crippen LogP contribution is 2.25. The number of hydrogen-bond acceptors (Lipinski definition) is 1. The first kappa shape index (κ1) is 14.2. The number of hydrogen-bond donors (Lipinski definition) is 0. The van der Waals surface area contributed by atoms with E-state index in [9.17, 15) is 4.79 Å². The van der Waals surface area contributed by atoms with Crippen molar-refractivity contribution in [3.05, 3.63) is 31.8 Å². The van der Waals surface area contributed by atoms with Crippen LogP contribution >= 0.6 is 38.5 Å². The molecule has 0 bridgehead atoms. The van der Waals surface area contributed by atoms with Crippen molar-refractivity contribution in [2.75, 3.05) is 0 Å². The standard InChI is InChI=1S/C13H16BrIO/c1-13(2,3)7-6-12(16)10-8-9(15)4-5-11(10)14/h4-5,8H,6-7H2,1-3H3. The highest BCUT2D eigenvalue weighted by atomic mass is 127. The summed E-state index contributed by atoms with van der Waals surface area (Å²) in [6.45, 7) is 6.47. The summed E-state index contributed by atoms with van der Waals surface area (Å²) in [5, 5.41) is 0. The average molecular weight is 395 g/mol. The molecule has 0 fully saturated rings. The second-order valence-corrected chi connectivity index (χ2v) is 7.21. The first-order chi connectivity index (χ1) is 7.29. The van der Waals surface area contributed by atoms with Crippen LogP contribution in [-0.2, 0) is 0 Å². The Kier molecular flexibility index (Phi) is 4.98. The summed E-state index contributed by atoms with van der Waals surface area (Å²) in [5.41, 5.74) is 1.01. The normalized spacial score (nSPS) is 11.6. The van der Waals surface area contributed by atoms with Crippen LogP contribution in [-0.4, -0.2) is 5.78 Å². The van der Waals surface area contributed by atoms with Gasteiger partial charge in [-0.15, -0.1) is 0 Å². The van der Waals surface area contributed by atoms with Crippen LogP contribution in [0, 0.1) is 8.99 Å². The maximum atomic E-state index is 12.0. The quantitative estimate of drug-likeness (QED) is 0.517. The number of Topliss-reactive ketones (excluding diaryl/α,β-unsaturated/α-hetero) is 1. The van der Waals surface area contributed by atoms with E-state index in [0.29, 0.717) is 6.42 Å². The lowest BCUT2D eigenvalue weighted by Crippen LogP contribution is -2.09. The highest BCUT2D eigenvalue weighted by Gasteiger charge is 2.15. The minimum Gasteiger partial charge on any atom is -0.294 e. The summed E-state index contributed by atoms with van der Waals surface area (Å²) in [6.07, 6.45) is 1.53. The molecule has 88 valence electrons. The van der Waals surface area contributed by atoms with Gasteiger partial charge < -0.3 is 0 Å². The van der Waals surface area contributed by atoms with E-state index in [1.807, 2.05) is 18.2 Å². The van der Waals surface area contributed by atoms with E-state index in [1.165, 1.54) is 0 Å². The molecule has 0 aromatic heterocycles. The van der Waals surface area contributed by atoms with Gasteiger partial charge in [0, 0.05) is 20.0 Å². The van der Waals surface area contributed by atoms with E-state index in [2.05, 4.69) is 59.3 Å². The second kappa shape index (κ2) is 5.63. The summed E-state index contributed by atoms with van der Waals surface area (Å²) < 4.78 is 1.99. The topological polar surface area (TPSA) is 17.1 Å². The van der Waals surface area contributed by atoms with Crippen molar-refractivity contribution in [2.24, 2.45) is 5.41 Å². The maximum Gasteiger partial charge on any atom is 0.164 e. The molecule has 0 atom stereocenters. The van der Waals surface area contributed by atoms with E-state index in [4.69, 9.17) is 0 Å². The van der Waals surface area contributed by atoms with Crippen molar-refractivity contribution in [2.45, 2.75) is 33.6 Å². The molecule has 1 nitrogen and oxygen atoms in total. The number of carbonyl (C=O) groups is 1. The van der Waals surface area contributed by atoms with E-state index in [-0.39, 0.29) is 11.2 Å². The number of rotatable bonds is 3. The molecule has 1 aromatic carbocycles. The average Bonchev–Trinajstić information content (AvgIpc) is 2.17. The molecule has 0 saturated heterocycles. The monoisotopic (exact) mass is 394 g/mol. The molecule has 0 amide bonds. The van der Waals surface area contributed by atoms with Crippen molar-refractivity contribution in [1.29, 1.82) is 0 Å². The van der Waals surface area contributed by atoms with Gasteiger partial charge in [-0.25, -0.2) is 0 Å². The van der Waals surface area contributed by atoms with Gasteiger partial charge in [-0.05, 0) is 52.6 Å². The van der Waals surface area contributed by atoms with Gasteiger partial charge in [0.15, 0.2) is 5.78 Å². The number of benzene rings is 1. The van der Waals surface area contributed by atoms with Crippen molar-refractivity contribution >= 4 is 44.3 Å². The van der Waals surface area contributed by atoms with Crippen LogP contribution < -0.4 is 0 Å². The number of carbonyl (C=O) groups excluding carboxylic acids is 1. The molecular weight excluding hydrogens is 379 g/mol. The predicted molar refractivity (Wildman–Crippen MR) is 79.9 cm³/mol. The zero-order valence-corrected chi connectivity index (χ0v) is 13.6. The molecule has 0 spiro atoms. The van der Waals surface area contributed by atoms with Crippen molar-refractivity contribution in [1.82, 2.24) is 0 Å². The van der Waals surface area contributed by atoms with Crippen LogP contribution in [0.5, 0.6) is 0 Å². The third kappa shape index (κ3) is 4.53. The molecule has 1 aromatic rings. The third-order valence-corrected chi connectivity index (χ3v) is 3.69. The van der Waals surface area contributed by atoms with Gasteiger partial charge >= 0.3 is 0 Å². The Labute approximate surface area is 119 Å². The lowest BCUT2D eigenvalue weighted by Gasteiger charge is -2.17. The highest BCUT2D eigenvalue weighted by molar-refractivity contribution is 14.1. The fourth-order valence-corrected chi connectivity index (χ4v) is 2.29. The van der Waals surface area contributed by atoms with Gasteiger partial charge in [-0.2, -0.15) is 0 Å². The van der Waals surface area contributed by atoms with Crippen molar-refractivity contribution in [3.63, 3.8) is 0 Å². The molecule has 0 heterocycles. The van der Waals surface area contributed by atoms with Gasteiger partial charge in [0.05, 0.1) is 0 Å². The van der Waals surface area contributed by atoms with Gasteiger partial charge in [-0.3, -0.25) is 4.79 Å². The molecule has 3 heteroatoms. The summed E-state index contributed by atoms with van der Waals surface area (Å²) in [6, 6.07) is 5.87. The molecule has 16 heavy (non-hydrogen) atoms. The smallest absolute Gasteiger partial charge is 0.164 e. The summed E-state index contributed by atoms with van der Waals surface area (Å²) >= 11 is 5.65. The Morgan fingerprint density at radius 3 is 2.56 bits per heavy atom. The van der Waals surface area contributed by atoms with E-state index >= 15 is 0 Å². The molecule has 0 aliphatic carbocycles. The van der Waals surface area contributed by atoms with Crippen molar-refractivity contribution < 1.29 is 4.79 Å². The van der Waals surface area contributed by atoms with Crippen LogP contribution in [0.15, 0.2) is 22.7 Å². The second-order valence-electron chi connectivity index (χ2n) is 5.11. The Balaban J connectivity index is 2.77. The molecule has 0 unspecified atom stereocenters. The molecule has 0 N–H and O–H groups in total. The number of ketones is 1. The fraction of sp³-hybridized carbons (Fsp3) is 0.462. The number of halogens is 2. The third-order valence-electron chi connectivity index (χ3n) is 2.33. The first-order valence-corrected chi connectivity index (χ1v) is 7.15. The van der Waals surface area contributed by atoms with Gasteiger partial charge in [0.25, 0.3) is 0 Å². The van der Waals surface area contributed by atoms with Gasteiger partial charge in [0.1, 0.15) is 0 Å². The Bertz CT molecular complexity index is 393. The Morgan fingerprint density at radius 2 is 2.00 bits per heavy atom. The lowest BCUT2D eigenvalue weighted by molar-refractivity contribution is 0.0965. The minimum absolute atomic E-state index is 0.212. The minimum atomic E-state index is 0.212. The Morgan fingerprint density at radius 1 is 1.38 bits per heavy atom. The molecule has 0 radical (unpaired) electrons. The summed E-state index contributed by atoms with van der Waals surface area (Å²) in [4.78, 5) is 12.0. The molecular formula is C13H16BrIO. The molecule has 1 rings (SSSR count). The van der Waals surface area contributed by atoms with Crippen molar-refractivity contribution in [3.8, 4) is 0 Å². The van der Waals surface area contributed by atoms with Crippen LogP contribution in [0.3, 0.4) is 0 Å². The molecule has 0 aliphatic heterocycles. The molecule has 0 aliphatic rings. The zero-order chi connectivity index (χ0) is 12.3. The van der Waals surface area contributed by atoms with Gasteiger partial charge in [0.2, 0.25) is 0 Å². The first-order valence-electron chi connectivity index (χ1n) is 5.28. The fourth-order valence-electron chi connectivity index (χ4n) is 1.33. The van der Waals surface area contributed by atoms with Crippen LogP contribution in [0.1, 0.15) is 44.0 Å². The SMILES string of the molecule is CC(C)(C)CCC(=O)c1cc(I)ccc1Br. The van der Waals surface area contributed by atoms with E-state index in [0.717, 1.165) is 20.0 Å². The van der Waals surface area contributed by atoms with Gasteiger partial charge in [-0.1, -0.05) is 36.7 Å². The molecule has 0 saturated carbocycles. The summed E-state index contributed by atoms with van der Waals surface area (Å²) in [7, 11) is 0. The van der Waals surface area contributed by atoms with E-state index in [1.54, 1.807) is 0 Å². The largest absolute Gasteiger partial charge is 0.294 e. The lowest BCUT2D eigenvalue weighted by atomic mass is 9.88. The summed E-state index contributed by atoms with van der Waals surface area (Å²) in [5.74, 6) is 0.223. The Hall–Kier alpha value is 0.1000. The maximum absolute atomic E-state index is 12.0. The van der Waals surface area contributed by atoms with Crippen LogP contribution in [0.4, 0.5) is 0 Å². The van der Waals surface area contributed by atoms with Crippen LogP contribution in [0.25, 0.3) is 0 Å². The predicted octanol–water partition coefficient (Wildman–Crippen LogP) is 5.06. The zero-order valence-electron chi connectivity index (χ0n) is 9.81. The van der Waals surface area contributed by atoms with E-state index < -0.39 is 0 Å². The van der Waals surface area contributed by atoms with Crippen LogP contribution in [0.2, 0.25) is 0 Å².